The maximum absolute atomic E-state index is 5.85. The van der Waals surface area contributed by atoms with E-state index in [0.29, 0.717) is 6.04 Å². The van der Waals surface area contributed by atoms with Crippen molar-refractivity contribution in [2.24, 2.45) is 5.73 Å². The monoisotopic (exact) mass is 171 g/mol. The standard InChI is InChI=1S/C9H21N3/c1-8(10)9(2)12-6-4-11(3)5-7-12/h8-9H,4-7,10H2,1-3H3. The maximum atomic E-state index is 5.85. The molecule has 12 heavy (non-hydrogen) atoms. The van der Waals surface area contributed by atoms with Gasteiger partial charge < -0.3 is 10.6 Å². The van der Waals surface area contributed by atoms with Crippen LogP contribution in [0.15, 0.2) is 0 Å². The van der Waals surface area contributed by atoms with Crippen molar-refractivity contribution in [3.63, 3.8) is 0 Å². The van der Waals surface area contributed by atoms with Gasteiger partial charge in [-0.25, -0.2) is 0 Å². The zero-order chi connectivity index (χ0) is 9.14. The van der Waals surface area contributed by atoms with Crippen molar-refractivity contribution in [1.29, 1.82) is 0 Å². The third kappa shape index (κ3) is 2.44. The van der Waals surface area contributed by atoms with Gasteiger partial charge in [-0.15, -0.1) is 0 Å². The first-order valence-corrected chi connectivity index (χ1v) is 4.79. The summed E-state index contributed by atoms with van der Waals surface area (Å²) in [7, 11) is 2.17. The average Bonchev–Trinajstić information content (AvgIpc) is 2.04. The number of nitrogens with two attached hydrogens (primary N) is 1. The summed E-state index contributed by atoms with van der Waals surface area (Å²) in [6, 6.07) is 0.812. The second-order valence-corrected chi connectivity index (χ2v) is 3.94. The number of likely N-dealkylation sites (N-methyl/N-ethyl adjacent to an activating group) is 1. The highest BCUT2D eigenvalue weighted by molar-refractivity contribution is 4.79. The van der Waals surface area contributed by atoms with Gasteiger partial charge >= 0.3 is 0 Å². The molecule has 1 aliphatic heterocycles. The van der Waals surface area contributed by atoms with Crippen molar-refractivity contribution in [2.75, 3.05) is 33.2 Å². The van der Waals surface area contributed by atoms with Gasteiger partial charge in [0.2, 0.25) is 0 Å². The first kappa shape index (κ1) is 9.96. The Morgan fingerprint density at radius 3 is 2.00 bits per heavy atom. The Kier molecular flexibility index (Phi) is 3.50. The Morgan fingerprint density at radius 2 is 1.58 bits per heavy atom. The van der Waals surface area contributed by atoms with E-state index in [-0.39, 0.29) is 6.04 Å². The topological polar surface area (TPSA) is 32.5 Å². The predicted molar refractivity (Wildman–Crippen MR) is 52.2 cm³/mol. The van der Waals surface area contributed by atoms with E-state index in [1.165, 1.54) is 26.2 Å². The largest absolute Gasteiger partial charge is 0.327 e. The molecule has 0 amide bonds. The summed E-state index contributed by atoms with van der Waals surface area (Å²) in [4.78, 5) is 4.84. The smallest absolute Gasteiger partial charge is 0.0217 e. The van der Waals surface area contributed by atoms with Crippen LogP contribution in [0.5, 0.6) is 0 Å². The summed E-state index contributed by atoms with van der Waals surface area (Å²) in [6.07, 6.45) is 0. The first-order valence-electron chi connectivity index (χ1n) is 4.79. The molecule has 2 N–H and O–H groups in total. The van der Waals surface area contributed by atoms with Gasteiger partial charge in [0.15, 0.2) is 0 Å². The fraction of sp³-hybridized carbons (Fsp3) is 1.00. The lowest BCUT2D eigenvalue weighted by molar-refractivity contribution is 0.109. The molecular weight excluding hydrogens is 150 g/mol. The molecule has 1 heterocycles. The number of piperazine rings is 1. The fourth-order valence-electron chi connectivity index (χ4n) is 1.56. The highest BCUT2D eigenvalue weighted by atomic mass is 15.3. The Labute approximate surface area is 75.5 Å². The molecule has 0 aromatic carbocycles. The van der Waals surface area contributed by atoms with Crippen LogP contribution in [-0.2, 0) is 0 Å². The normalized spacial score (nSPS) is 27.0. The molecule has 2 atom stereocenters. The summed E-state index contributed by atoms with van der Waals surface area (Å²) in [6.45, 7) is 8.99. The van der Waals surface area contributed by atoms with Crippen LogP contribution in [0.1, 0.15) is 13.8 Å². The summed E-state index contributed by atoms with van der Waals surface area (Å²) in [5, 5.41) is 0. The van der Waals surface area contributed by atoms with Crippen molar-refractivity contribution < 1.29 is 0 Å². The molecule has 1 aliphatic rings. The Hall–Kier alpha value is -0.120. The molecule has 0 spiro atoms. The van der Waals surface area contributed by atoms with Crippen molar-refractivity contribution in [2.45, 2.75) is 25.9 Å². The third-order valence-electron chi connectivity index (χ3n) is 2.87. The van der Waals surface area contributed by atoms with Crippen LogP contribution < -0.4 is 5.73 Å². The van der Waals surface area contributed by atoms with Gasteiger partial charge in [0.1, 0.15) is 0 Å². The first-order chi connectivity index (χ1) is 5.61. The van der Waals surface area contributed by atoms with Crippen LogP contribution in [-0.4, -0.2) is 55.1 Å². The lowest BCUT2D eigenvalue weighted by Crippen LogP contribution is -2.52. The average molecular weight is 171 g/mol. The molecule has 0 aromatic heterocycles. The lowest BCUT2D eigenvalue weighted by atomic mass is 10.1. The lowest BCUT2D eigenvalue weighted by Gasteiger charge is -2.37. The molecule has 0 saturated carbocycles. The molecular formula is C9H21N3. The van der Waals surface area contributed by atoms with E-state index in [0.717, 1.165) is 0 Å². The van der Waals surface area contributed by atoms with Crippen molar-refractivity contribution in [3.05, 3.63) is 0 Å². The van der Waals surface area contributed by atoms with E-state index in [1.54, 1.807) is 0 Å². The number of nitrogens with zero attached hydrogens (tertiary/aromatic N) is 2. The van der Waals surface area contributed by atoms with E-state index in [1.807, 2.05) is 0 Å². The van der Waals surface area contributed by atoms with Gasteiger partial charge in [0, 0.05) is 38.3 Å². The summed E-state index contributed by atoms with van der Waals surface area (Å²) in [5.74, 6) is 0. The van der Waals surface area contributed by atoms with E-state index in [4.69, 9.17) is 5.73 Å². The van der Waals surface area contributed by atoms with Gasteiger partial charge in [-0.3, -0.25) is 4.90 Å². The molecule has 0 bridgehead atoms. The van der Waals surface area contributed by atoms with Crippen LogP contribution in [0.2, 0.25) is 0 Å². The molecule has 3 heteroatoms. The quantitative estimate of drug-likeness (QED) is 0.633. The highest BCUT2D eigenvalue weighted by Gasteiger charge is 2.20. The van der Waals surface area contributed by atoms with Gasteiger partial charge in [0.25, 0.3) is 0 Å². The predicted octanol–water partition coefficient (Wildman–Crippen LogP) is -0.0305. The minimum absolute atomic E-state index is 0.286. The maximum Gasteiger partial charge on any atom is 0.0217 e. The van der Waals surface area contributed by atoms with E-state index >= 15 is 0 Å². The van der Waals surface area contributed by atoms with Crippen LogP contribution in [0.4, 0.5) is 0 Å². The second-order valence-electron chi connectivity index (χ2n) is 3.94. The highest BCUT2D eigenvalue weighted by Crippen LogP contribution is 2.06. The van der Waals surface area contributed by atoms with Gasteiger partial charge in [0.05, 0.1) is 0 Å². The van der Waals surface area contributed by atoms with Gasteiger partial charge in [-0.1, -0.05) is 0 Å². The molecule has 0 radical (unpaired) electrons. The van der Waals surface area contributed by atoms with E-state index in [9.17, 15) is 0 Å². The number of hydrogen-bond acceptors (Lipinski definition) is 3. The van der Waals surface area contributed by atoms with Gasteiger partial charge in [-0.2, -0.15) is 0 Å². The van der Waals surface area contributed by atoms with Crippen molar-refractivity contribution >= 4 is 0 Å². The molecule has 1 saturated heterocycles. The summed E-state index contributed by atoms with van der Waals surface area (Å²) in [5.41, 5.74) is 5.85. The molecule has 1 rings (SSSR count). The second kappa shape index (κ2) is 4.21. The van der Waals surface area contributed by atoms with Crippen LogP contribution in [0, 0.1) is 0 Å². The zero-order valence-corrected chi connectivity index (χ0v) is 8.45. The molecule has 1 fully saturated rings. The SMILES string of the molecule is CC(N)C(C)N1CCN(C)CC1. The van der Waals surface area contributed by atoms with Crippen molar-refractivity contribution in [3.8, 4) is 0 Å². The fourth-order valence-corrected chi connectivity index (χ4v) is 1.56. The zero-order valence-electron chi connectivity index (χ0n) is 8.45. The molecule has 3 nitrogen and oxygen atoms in total. The minimum atomic E-state index is 0.286. The molecule has 72 valence electrons. The number of hydrogen-bond donors (Lipinski definition) is 1. The third-order valence-corrected chi connectivity index (χ3v) is 2.87. The van der Waals surface area contributed by atoms with Crippen LogP contribution >= 0.6 is 0 Å². The summed E-state index contributed by atoms with van der Waals surface area (Å²) < 4.78 is 0. The molecule has 0 aliphatic carbocycles. The van der Waals surface area contributed by atoms with E-state index in [2.05, 4.69) is 30.7 Å². The number of rotatable bonds is 2. The Morgan fingerprint density at radius 1 is 1.08 bits per heavy atom. The minimum Gasteiger partial charge on any atom is -0.327 e. The van der Waals surface area contributed by atoms with E-state index < -0.39 is 0 Å². The van der Waals surface area contributed by atoms with Crippen LogP contribution in [0.3, 0.4) is 0 Å². The molecule has 0 aromatic rings. The Balaban J connectivity index is 2.34. The molecule has 2 unspecified atom stereocenters. The van der Waals surface area contributed by atoms with Crippen molar-refractivity contribution in [1.82, 2.24) is 9.80 Å². The van der Waals surface area contributed by atoms with Gasteiger partial charge in [-0.05, 0) is 20.9 Å². The Bertz CT molecular complexity index is 128. The summed E-state index contributed by atoms with van der Waals surface area (Å²) >= 11 is 0. The van der Waals surface area contributed by atoms with Crippen LogP contribution in [0.25, 0.3) is 0 Å².